The van der Waals surface area contributed by atoms with Crippen LogP contribution in [0.15, 0.2) is 22.7 Å². The van der Waals surface area contributed by atoms with Crippen LogP contribution in [0.4, 0.5) is 0 Å². The molecule has 0 saturated carbocycles. The van der Waals surface area contributed by atoms with Gasteiger partial charge in [-0.15, -0.1) is 0 Å². The molecule has 0 fully saturated rings. The summed E-state index contributed by atoms with van der Waals surface area (Å²) in [5, 5.41) is 4.41. The van der Waals surface area contributed by atoms with Crippen molar-refractivity contribution in [1.29, 1.82) is 0 Å². The van der Waals surface area contributed by atoms with Gasteiger partial charge >= 0.3 is 0 Å². The van der Waals surface area contributed by atoms with E-state index in [2.05, 4.69) is 41.2 Å². The molecule has 0 radical (unpaired) electrons. The van der Waals surface area contributed by atoms with Gasteiger partial charge in [0.05, 0.1) is 6.10 Å². The van der Waals surface area contributed by atoms with Gasteiger partial charge in [-0.05, 0) is 50.4 Å². The topological polar surface area (TPSA) is 21.3 Å². The first-order valence-electron chi connectivity index (χ1n) is 7.41. The zero-order valence-electron chi connectivity index (χ0n) is 12.6. The standard InChI is InChI=1S/C16H25BrClNO/c1-4-9-19-15(16(5-2)20-6-3)10-12-7-8-13(17)11-14(12)18/h7-8,11,15-16,19H,4-6,9-10H2,1-3H3. The van der Waals surface area contributed by atoms with Crippen LogP contribution in [0.2, 0.25) is 5.02 Å². The summed E-state index contributed by atoms with van der Waals surface area (Å²) in [6.07, 6.45) is 3.24. The summed E-state index contributed by atoms with van der Waals surface area (Å²) in [5.74, 6) is 0. The predicted molar refractivity (Wildman–Crippen MR) is 90.6 cm³/mol. The summed E-state index contributed by atoms with van der Waals surface area (Å²) in [6, 6.07) is 6.39. The molecule has 0 aliphatic heterocycles. The van der Waals surface area contributed by atoms with Gasteiger partial charge < -0.3 is 10.1 Å². The highest BCUT2D eigenvalue weighted by atomic mass is 79.9. The maximum atomic E-state index is 6.33. The first kappa shape index (κ1) is 18.0. The second-order valence-electron chi connectivity index (χ2n) is 4.90. The zero-order valence-corrected chi connectivity index (χ0v) is 14.9. The summed E-state index contributed by atoms with van der Waals surface area (Å²) < 4.78 is 6.89. The monoisotopic (exact) mass is 361 g/mol. The minimum Gasteiger partial charge on any atom is -0.377 e. The lowest BCUT2D eigenvalue weighted by molar-refractivity contribution is 0.0320. The lowest BCUT2D eigenvalue weighted by Crippen LogP contribution is -2.43. The molecule has 0 aliphatic rings. The summed E-state index contributed by atoms with van der Waals surface area (Å²) >= 11 is 9.78. The number of nitrogens with one attached hydrogen (secondary N) is 1. The Labute approximate surface area is 136 Å². The Kier molecular flexibility index (Phi) is 8.78. The Balaban J connectivity index is 2.81. The minimum absolute atomic E-state index is 0.228. The first-order valence-corrected chi connectivity index (χ1v) is 8.58. The van der Waals surface area contributed by atoms with Crippen LogP contribution in [0.5, 0.6) is 0 Å². The van der Waals surface area contributed by atoms with Crippen molar-refractivity contribution in [2.75, 3.05) is 13.2 Å². The quantitative estimate of drug-likeness (QED) is 0.679. The number of ether oxygens (including phenoxy) is 1. The number of hydrogen-bond acceptors (Lipinski definition) is 2. The average Bonchev–Trinajstić information content (AvgIpc) is 2.43. The van der Waals surface area contributed by atoms with Gasteiger partial charge in [-0.2, -0.15) is 0 Å². The van der Waals surface area contributed by atoms with Gasteiger partial charge in [-0.3, -0.25) is 0 Å². The van der Waals surface area contributed by atoms with Crippen molar-refractivity contribution in [3.8, 4) is 0 Å². The number of rotatable bonds is 9. The maximum absolute atomic E-state index is 6.33. The van der Waals surface area contributed by atoms with Crippen molar-refractivity contribution in [3.63, 3.8) is 0 Å². The van der Waals surface area contributed by atoms with Crippen LogP contribution >= 0.6 is 27.5 Å². The van der Waals surface area contributed by atoms with E-state index in [0.717, 1.165) is 41.9 Å². The number of benzene rings is 1. The molecule has 0 saturated heterocycles. The third kappa shape index (κ3) is 5.72. The highest BCUT2D eigenvalue weighted by molar-refractivity contribution is 9.10. The maximum Gasteiger partial charge on any atom is 0.0728 e. The fourth-order valence-electron chi connectivity index (χ4n) is 2.32. The normalized spacial score (nSPS) is 14.2. The molecule has 1 aromatic carbocycles. The number of hydrogen-bond donors (Lipinski definition) is 1. The summed E-state index contributed by atoms with van der Waals surface area (Å²) in [6.45, 7) is 8.15. The molecule has 1 N–H and O–H groups in total. The van der Waals surface area contributed by atoms with E-state index in [4.69, 9.17) is 16.3 Å². The molecule has 1 aromatic rings. The van der Waals surface area contributed by atoms with Crippen molar-refractivity contribution >= 4 is 27.5 Å². The lowest BCUT2D eigenvalue weighted by atomic mass is 9.99. The van der Waals surface area contributed by atoms with E-state index in [1.807, 2.05) is 19.1 Å². The van der Waals surface area contributed by atoms with Crippen LogP contribution in [0.3, 0.4) is 0 Å². The van der Waals surface area contributed by atoms with Crippen molar-refractivity contribution < 1.29 is 4.74 Å². The van der Waals surface area contributed by atoms with E-state index in [0.29, 0.717) is 6.04 Å². The fourth-order valence-corrected chi connectivity index (χ4v) is 3.07. The van der Waals surface area contributed by atoms with Crippen molar-refractivity contribution in [3.05, 3.63) is 33.3 Å². The fraction of sp³-hybridized carbons (Fsp3) is 0.625. The molecular weight excluding hydrogens is 338 g/mol. The van der Waals surface area contributed by atoms with Crippen LogP contribution < -0.4 is 5.32 Å². The third-order valence-electron chi connectivity index (χ3n) is 3.34. The van der Waals surface area contributed by atoms with Crippen molar-refractivity contribution in [2.24, 2.45) is 0 Å². The van der Waals surface area contributed by atoms with Crippen LogP contribution in [0, 0.1) is 0 Å². The SMILES string of the molecule is CCCNC(Cc1ccc(Br)cc1Cl)C(CC)OCC. The van der Waals surface area contributed by atoms with Gasteiger partial charge in [0.15, 0.2) is 0 Å². The van der Waals surface area contributed by atoms with Gasteiger partial charge in [0.25, 0.3) is 0 Å². The molecule has 2 nitrogen and oxygen atoms in total. The van der Waals surface area contributed by atoms with Crippen molar-refractivity contribution in [2.45, 2.75) is 52.2 Å². The lowest BCUT2D eigenvalue weighted by Gasteiger charge is -2.27. The van der Waals surface area contributed by atoms with E-state index in [1.54, 1.807) is 0 Å². The molecule has 0 aromatic heterocycles. The van der Waals surface area contributed by atoms with Crippen LogP contribution in [0.1, 0.15) is 39.2 Å². The Morgan fingerprint density at radius 2 is 2.05 bits per heavy atom. The zero-order chi connectivity index (χ0) is 15.0. The molecular formula is C16H25BrClNO. The largest absolute Gasteiger partial charge is 0.377 e. The van der Waals surface area contributed by atoms with E-state index < -0.39 is 0 Å². The van der Waals surface area contributed by atoms with Gasteiger partial charge in [0.1, 0.15) is 0 Å². The molecule has 0 heterocycles. The number of halogens is 2. The highest BCUT2D eigenvalue weighted by Crippen LogP contribution is 2.23. The average molecular weight is 363 g/mol. The molecule has 4 heteroatoms. The van der Waals surface area contributed by atoms with E-state index >= 15 is 0 Å². The summed E-state index contributed by atoms with van der Waals surface area (Å²) in [7, 11) is 0. The molecule has 1 rings (SSSR count). The van der Waals surface area contributed by atoms with Gasteiger partial charge in [-0.25, -0.2) is 0 Å². The van der Waals surface area contributed by atoms with E-state index in [1.165, 1.54) is 5.56 Å². The Bertz CT molecular complexity index is 400. The van der Waals surface area contributed by atoms with Gasteiger partial charge in [0.2, 0.25) is 0 Å². The summed E-state index contributed by atoms with van der Waals surface area (Å²) in [4.78, 5) is 0. The Hall–Kier alpha value is -0.0900. The molecule has 0 amide bonds. The van der Waals surface area contributed by atoms with E-state index in [-0.39, 0.29) is 6.10 Å². The summed E-state index contributed by atoms with van der Waals surface area (Å²) in [5.41, 5.74) is 1.17. The van der Waals surface area contributed by atoms with Crippen LogP contribution in [-0.2, 0) is 11.2 Å². The molecule has 2 atom stereocenters. The molecule has 0 spiro atoms. The van der Waals surface area contributed by atoms with Crippen LogP contribution in [0.25, 0.3) is 0 Å². The smallest absolute Gasteiger partial charge is 0.0728 e. The third-order valence-corrected chi connectivity index (χ3v) is 4.19. The van der Waals surface area contributed by atoms with Gasteiger partial charge in [0, 0.05) is 22.1 Å². The predicted octanol–water partition coefficient (Wildman–Crippen LogP) is 4.83. The molecule has 20 heavy (non-hydrogen) atoms. The minimum atomic E-state index is 0.228. The second kappa shape index (κ2) is 9.78. The van der Waals surface area contributed by atoms with Crippen molar-refractivity contribution in [1.82, 2.24) is 5.32 Å². The Morgan fingerprint density at radius 1 is 1.30 bits per heavy atom. The first-order chi connectivity index (χ1) is 9.62. The van der Waals surface area contributed by atoms with Crippen LogP contribution in [-0.4, -0.2) is 25.3 Å². The molecule has 0 aliphatic carbocycles. The molecule has 2 unspecified atom stereocenters. The second-order valence-corrected chi connectivity index (χ2v) is 6.23. The van der Waals surface area contributed by atoms with E-state index in [9.17, 15) is 0 Å². The highest BCUT2D eigenvalue weighted by Gasteiger charge is 2.21. The Morgan fingerprint density at radius 3 is 2.60 bits per heavy atom. The van der Waals surface area contributed by atoms with Gasteiger partial charge in [-0.1, -0.05) is 47.4 Å². The molecule has 114 valence electrons. The molecule has 0 bridgehead atoms.